The minimum Gasteiger partial charge on any atom is -0.475 e. The van der Waals surface area contributed by atoms with E-state index in [0.717, 1.165) is 0 Å². The number of halogens is 2. The fraction of sp³-hybridized carbons (Fsp3) is 0.593. The van der Waals surface area contributed by atoms with Gasteiger partial charge in [0.05, 0.1) is 18.0 Å². The van der Waals surface area contributed by atoms with E-state index in [1.54, 1.807) is 28.4 Å². The van der Waals surface area contributed by atoms with E-state index in [4.69, 9.17) is 20.3 Å². The van der Waals surface area contributed by atoms with Crippen molar-refractivity contribution in [1.29, 1.82) is 5.26 Å². The third kappa shape index (κ3) is 6.46. The van der Waals surface area contributed by atoms with E-state index in [1.807, 2.05) is 27.7 Å². The topological polar surface area (TPSA) is 131 Å². The van der Waals surface area contributed by atoms with Gasteiger partial charge in [0.1, 0.15) is 34.8 Å². The summed E-state index contributed by atoms with van der Waals surface area (Å²) in [5.41, 5.74) is 1.73. The molecule has 0 spiro atoms. The molecule has 2 fully saturated rings. The zero-order valence-electron chi connectivity index (χ0n) is 22.9. The van der Waals surface area contributed by atoms with E-state index in [-0.39, 0.29) is 36.6 Å². The number of carbonyl (C=O) groups is 1. The maximum absolute atomic E-state index is 13.5. The summed E-state index contributed by atoms with van der Waals surface area (Å²) in [6.07, 6.45) is 1.45. The molecule has 1 atom stereocenters. The van der Waals surface area contributed by atoms with Gasteiger partial charge in [-0.25, -0.2) is 18.6 Å². The van der Waals surface area contributed by atoms with Gasteiger partial charge in [0, 0.05) is 43.5 Å². The van der Waals surface area contributed by atoms with Crippen LogP contribution in [0, 0.1) is 17.2 Å². The van der Waals surface area contributed by atoms with Crippen molar-refractivity contribution in [2.24, 2.45) is 21.9 Å². The Morgan fingerprint density at radius 1 is 1.28 bits per heavy atom. The Balaban J connectivity index is 1.53. The van der Waals surface area contributed by atoms with E-state index >= 15 is 0 Å². The Morgan fingerprint density at radius 3 is 2.51 bits per heavy atom. The lowest BCUT2D eigenvalue weighted by molar-refractivity contribution is -0.134. The number of nitriles is 1. The number of alkyl halides is 2. The fourth-order valence-electron chi connectivity index (χ4n) is 4.92. The van der Waals surface area contributed by atoms with Gasteiger partial charge in [-0.15, -0.1) is 0 Å². The second-order valence-corrected chi connectivity index (χ2v) is 11.3. The summed E-state index contributed by atoms with van der Waals surface area (Å²) in [6.45, 7) is 10.1. The summed E-state index contributed by atoms with van der Waals surface area (Å²) >= 11 is 0. The van der Waals surface area contributed by atoms with Crippen molar-refractivity contribution in [3.63, 3.8) is 0 Å². The number of aromatic nitrogens is 2. The van der Waals surface area contributed by atoms with E-state index in [9.17, 15) is 18.8 Å². The summed E-state index contributed by atoms with van der Waals surface area (Å²) in [6, 6.07) is 5.46. The molecule has 12 heteroatoms. The molecule has 1 aliphatic heterocycles. The molecule has 0 bridgehead atoms. The van der Waals surface area contributed by atoms with Crippen LogP contribution in [-0.2, 0) is 4.74 Å². The summed E-state index contributed by atoms with van der Waals surface area (Å²) in [7, 11) is 0. The number of likely N-dealkylation sites (tertiary alicyclic amines) is 1. The van der Waals surface area contributed by atoms with Crippen molar-refractivity contribution in [3.05, 3.63) is 29.6 Å². The van der Waals surface area contributed by atoms with Gasteiger partial charge in [-0.3, -0.25) is 9.39 Å². The molecule has 39 heavy (non-hydrogen) atoms. The van der Waals surface area contributed by atoms with Gasteiger partial charge in [0.15, 0.2) is 0 Å². The van der Waals surface area contributed by atoms with Crippen LogP contribution in [0.3, 0.4) is 0 Å². The average Bonchev–Trinajstić information content (AvgIpc) is 3.26. The Morgan fingerprint density at radius 2 is 1.95 bits per heavy atom. The SMILES string of the molecule is CC(=NC1CCN(C(=O)OC(C)(C)C)CC1)/C(=N\N)c1cc(OC(C)C2CC(F)(F)C2)n2c(C#N)cnc2c1. The Kier molecular flexibility index (Phi) is 7.82. The molecular formula is C27H35F2N7O3. The molecule has 1 saturated heterocycles. The quantitative estimate of drug-likeness (QED) is 0.323. The predicted molar refractivity (Wildman–Crippen MR) is 142 cm³/mol. The maximum Gasteiger partial charge on any atom is 0.410 e. The van der Waals surface area contributed by atoms with Gasteiger partial charge >= 0.3 is 6.09 Å². The summed E-state index contributed by atoms with van der Waals surface area (Å²) in [4.78, 5) is 23.2. The van der Waals surface area contributed by atoms with E-state index in [1.165, 1.54) is 6.20 Å². The number of hydrogen-bond donors (Lipinski definition) is 1. The highest BCUT2D eigenvalue weighted by molar-refractivity contribution is 6.47. The number of amides is 1. The number of hydrazone groups is 1. The number of hydrogen-bond acceptors (Lipinski definition) is 8. The smallest absolute Gasteiger partial charge is 0.410 e. The second-order valence-electron chi connectivity index (χ2n) is 11.3. The number of carbonyl (C=O) groups excluding carboxylic acids is 1. The highest BCUT2D eigenvalue weighted by Gasteiger charge is 2.48. The molecule has 1 amide bonds. The summed E-state index contributed by atoms with van der Waals surface area (Å²) < 4.78 is 40.0. The lowest BCUT2D eigenvalue weighted by Gasteiger charge is -2.38. The molecule has 3 heterocycles. The van der Waals surface area contributed by atoms with Crippen molar-refractivity contribution in [3.8, 4) is 11.9 Å². The van der Waals surface area contributed by atoms with Crippen LogP contribution in [-0.4, -0.2) is 68.6 Å². The van der Waals surface area contributed by atoms with E-state index in [2.05, 4.69) is 16.2 Å². The molecule has 1 unspecified atom stereocenters. The molecule has 0 radical (unpaired) electrons. The van der Waals surface area contributed by atoms with Crippen LogP contribution in [0.2, 0.25) is 0 Å². The number of imidazole rings is 1. The molecular weight excluding hydrogens is 508 g/mol. The number of nitrogens with two attached hydrogens (primary N) is 1. The maximum atomic E-state index is 13.5. The van der Waals surface area contributed by atoms with Gasteiger partial charge < -0.3 is 20.2 Å². The normalized spacial score (nSPS) is 19.9. The molecule has 210 valence electrons. The van der Waals surface area contributed by atoms with E-state index in [0.29, 0.717) is 54.4 Å². The monoisotopic (exact) mass is 543 g/mol. The first-order chi connectivity index (χ1) is 18.3. The minimum atomic E-state index is -2.66. The number of piperidine rings is 1. The van der Waals surface area contributed by atoms with Crippen molar-refractivity contribution in [2.75, 3.05) is 13.1 Å². The second kappa shape index (κ2) is 10.8. The van der Waals surface area contributed by atoms with Crippen LogP contribution >= 0.6 is 0 Å². The first-order valence-corrected chi connectivity index (χ1v) is 13.1. The van der Waals surface area contributed by atoms with Crippen molar-refractivity contribution >= 4 is 23.2 Å². The lowest BCUT2D eigenvalue weighted by atomic mass is 9.78. The molecule has 1 saturated carbocycles. The third-order valence-corrected chi connectivity index (χ3v) is 7.02. The summed E-state index contributed by atoms with van der Waals surface area (Å²) in [5.74, 6) is 3.13. The number of aliphatic imine (C=N–C) groups is 1. The van der Waals surface area contributed by atoms with Gasteiger partial charge in [0.2, 0.25) is 11.8 Å². The number of nitrogens with zero attached hydrogens (tertiary/aromatic N) is 6. The largest absolute Gasteiger partial charge is 0.475 e. The number of ether oxygens (including phenoxy) is 2. The van der Waals surface area contributed by atoms with Gasteiger partial charge in [0.25, 0.3) is 0 Å². The first-order valence-electron chi connectivity index (χ1n) is 13.1. The molecule has 2 N–H and O–H groups in total. The Hall–Kier alpha value is -3.75. The molecule has 2 aromatic heterocycles. The molecule has 0 aromatic carbocycles. The average molecular weight is 544 g/mol. The fourth-order valence-corrected chi connectivity index (χ4v) is 4.92. The van der Waals surface area contributed by atoms with Crippen LogP contribution in [0.25, 0.3) is 5.65 Å². The standard InChI is InChI=1S/C27H35F2N7O3/c1-16(33-20-6-8-35(9-7-20)25(37)39-26(3,4)5)24(34-31)18-10-22-32-15-21(14-30)36(22)23(11-18)38-17(2)19-12-27(28,29)13-19/h10-11,15,17,19-20H,6-9,12-13,31H2,1-5H3/b33-16?,34-24+. The van der Waals surface area contributed by atoms with Crippen LogP contribution in [0.5, 0.6) is 5.88 Å². The number of fused-ring (bicyclic) bond motifs is 1. The van der Waals surface area contributed by atoms with Crippen molar-refractivity contribution < 1.29 is 23.0 Å². The minimum absolute atomic E-state index is 0.0307. The molecule has 2 aliphatic rings. The van der Waals surface area contributed by atoms with E-state index < -0.39 is 17.6 Å². The number of pyridine rings is 1. The van der Waals surface area contributed by atoms with Gasteiger partial charge in [-0.2, -0.15) is 10.4 Å². The van der Waals surface area contributed by atoms with Crippen LogP contribution < -0.4 is 10.6 Å². The van der Waals surface area contributed by atoms with Crippen molar-refractivity contribution in [2.45, 2.75) is 84.0 Å². The molecule has 1 aliphatic carbocycles. The van der Waals surface area contributed by atoms with Gasteiger partial charge in [-0.1, -0.05) is 0 Å². The zero-order chi connectivity index (χ0) is 28.5. The summed E-state index contributed by atoms with van der Waals surface area (Å²) in [5, 5.41) is 13.5. The third-order valence-electron chi connectivity index (χ3n) is 7.02. The number of rotatable bonds is 6. The first kappa shape index (κ1) is 28.3. The van der Waals surface area contributed by atoms with Crippen LogP contribution in [0.1, 0.15) is 71.6 Å². The highest BCUT2D eigenvalue weighted by Crippen LogP contribution is 2.45. The van der Waals surface area contributed by atoms with Crippen molar-refractivity contribution in [1.82, 2.24) is 14.3 Å². The Bertz CT molecular complexity index is 1320. The van der Waals surface area contributed by atoms with Gasteiger partial charge in [-0.05, 0) is 53.5 Å². The van der Waals surface area contributed by atoms with Crippen LogP contribution in [0.4, 0.5) is 13.6 Å². The lowest BCUT2D eigenvalue weighted by Crippen LogP contribution is -2.43. The van der Waals surface area contributed by atoms with Crippen LogP contribution in [0.15, 0.2) is 28.4 Å². The predicted octanol–water partition coefficient (Wildman–Crippen LogP) is 4.54. The Labute approximate surface area is 226 Å². The highest BCUT2D eigenvalue weighted by atomic mass is 19.3. The molecule has 2 aromatic rings. The molecule has 10 nitrogen and oxygen atoms in total. The zero-order valence-corrected chi connectivity index (χ0v) is 22.9. The molecule has 4 rings (SSSR count).